The number of halogens is 1. The zero-order valence-electron chi connectivity index (χ0n) is 16.8. The second-order valence-corrected chi connectivity index (χ2v) is 6.28. The minimum Gasteiger partial charge on any atom is -0.384 e. The minimum atomic E-state index is 0.716. The zero-order chi connectivity index (χ0) is 21.1. The summed E-state index contributed by atoms with van der Waals surface area (Å²) < 4.78 is 0. The van der Waals surface area contributed by atoms with Gasteiger partial charge >= 0.3 is 0 Å². The van der Waals surface area contributed by atoms with E-state index >= 15 is 0 Å². The Kier molecular flexibility index (Phi) is 10.1. The molecule has 0 aromatic carbocycles. The van der Waals surface area contributed by atoms with Crippen LogP contribution in [0.4, 0.5) is 17.3 Å². The van der Waals surface area contributed by atoms with Crippen molar-refractivity contribution in [2.75, 3.05) is 30.8 Å². The van der Waals surface area contributed by atoms with Crippen LogP contribution < -0.4 is 16.0 Å². The Bertz CT molecular complexity index is 908. The average molecular weight is 523 g/mol. The van der Waals surface area contributed by atoms with Gasteiger partial charge in [-0.1, -0.05) is 0 Å². The smallest absolute Gasteiger partial charge is 0.135 e. The molecule has 0 amide bonds. The summed E-state index contributed by atoms with van der Waals surface area (Å²) in [4.78, 5) is 17.4. The molecule has 0 saturated heterocycles. The van der Waals surface area contributed by atoms with Gasteiger partial charge < -0.3 is 16.0 Å². The largest absolute Gasteiger partial charge is 0.384 e. The summed E-state index contributed by atoms with van der Waals surface area (Å²) in [5.41, 5.74) is 4.14. The quantitative estimate of drug-likeness (QED) is 0.195. The first-order chi connectivity index (χ1) is 14.2. The van der Waals surface area contributed by atoms with Crippen molar-refractivity contribution in [2.24, 2.45) is 0 Å². The first kappa shape index (κ1) is 23.3. The predicted molar refractivity (Wildman–Crippen MR) is 132 cm³/mol. The lowest BCUT2D eigenvalue weighted by Gasteiger charge is -2.12. The van der Waals surface area contributed by atoms with Crippen LogP contribution in [-0.4, -0.2) is 40.1 Å². The molecule has 0 atom stereocenters. The highest BCUT2D eigenvalue weighted by Gasteiger charge is 2.06. The lowest BCUT2D eigenvalue weighted by atomic mass is 10.1. The standard InChI is InChI=1S/C20H25N7.HIS/c1-14-18(23-8-4-7-21-3)11-17(13-25-14)16-5-9-24-20(12-16)27-19-6-10-22-15(2)26-19;1-2/h5-6,9-13,21,23H,4,7-8H2,1-3H3,(H,22,24,26,27);2H. The summed E-state index contributed by atoms with van der Waals surface area (Å²) in [6.45, 7) is 5.77. The number of nitrogens with one attached hydrogen (secondary N) is 3. The van der Waals surface area contributed by atoms with Crippen molar-refractivity contribution in [1.29, 1.82) is 0 Å². The van der Waals surface area contributed by atoms with Gasteiger partial charge in [-0.05, 0) is 84.9 Å². The summed E-state index contributed by atoms with van der Waals surface area (Å²) in [6, 6.07) is 7.93. The number of thiol groups is 1. The van der Waals surface area contributed by atoms with E-state index in [0.717, 1.165) is 53.7 Å². The molecule has 3 aromatic rings. The van der Waals surface area contributed by atoms with Gasteiger partial charge in [0.15, 0.2) is 0 Å². The molecule has 0 aliphatic carbocycles. The molecule has 0 radical (unpaired) electrons. The van der Waals surface area contributed by atoms with E-state index < -0.39 is 0 Å². The van der Waals surface area contributed by atoms with Crippen molar-refractivity contribution in [1.82, 2.24) is 25.3 Å². The summed E-state index contributed by atoms with van der Waals surface area (Å²) >= 11 is 1.84. The number of aryl methyl sites for hydroxylation is 2. The number of nitrogens with zero attached hydrogens (tertiary/aromatic N) is 4. The fraction of sp³-hybridized carbons (Fsp3) is 0.300. The highest BCUT2D eigenvalue weighted by atomic mass is 127. The van der Waals surface area contributed by atoms with Gasteiger partial charge in [0, 0.05) is 30.7 Å². The topological polar surface area (TPSA) is 87.7 Å². The van der Waals surface area contributed by atoms with Crippen LogP contribution in [0.5, 0.6) is 0 Å². The van der Waals surface area contributed by atoms with Gasteiger partial charge in [0.2, 0.25) is 0 Å². The number of hydrogen-bond acceptors (Lipinski definition) is 8. The SMILES string of the molecule is CNCCCNc1cc(-c2ccnc(Nc3ccnc(C)n3)c2)cnc1C.SI. The monoisotopic (exact) mass is 523 g/mol. The zero-order valence-corrected chi connectivity index (χ0v) is 19.8. The van der Waals surface area contributed by atoms with Gasteiger partial charge in [0.25, 0.3) is 0 Å². The third-order valence-electron chi connectivity index (χ3n) is 4.13. The fourth-order valence-corrected chi connectivity index (χ4v) is 2.69. The molecule has 3 heterocycles. The normalized spacial score (nSPS) is 10.1. The van der Waals surface area contributed by atoms with Crippen molar-refractivity contribution in [2.45, 2.75) is 20.3 Å². The van der Waals surface area contributed by atoms with Crippen LogP contribution in [-0.2, 0) is 0 Å². The van der Waals surface area contributed by atoms with Crippen LogP contribution in [0.3, 0.4) is 0 Å². The van der Waals surface area contributed by atoms with E-state index in [1.165, 1.54) is 0 Å². The molecule has 0 aliphatic heterocycles. The Balaban J connectivity index is 0.00000145. The Morgan fingerprint density at radius 1 is 0.931 bits per heavy atom. The highest BCUT2D eigenvalue weighted by Crippen LogP contribution is 2.25. The van der Waals surface area contributed by atoms with Gasteiger partial charge in [0.05, 0.1) is 11.4 Å². The molecule has 154 valence electrons. The van der Waals surface area contributed by atoms with Crippen LogP contribution >= 0.6 is 31.0 Å². The first-order valence-corrected chi connectivity index (χ1v) is 12.4. The van der Waals surface area contributed by atoms with Crippen LogP contribution in [0.2, 0.25) is 0 Å². The maximum atomic E-state index is 4.54. The molecule has 3 N–H and O–H groups in total. The third kappa shape index (κ3) is 7.41. The maximum absolute atomic E-state index is 4.54. The molecule has 3 rings (SSSR count). The molecule has 0 saturated carbocycles. The molecule has 0 spiro atoms. The van der Waals surface area contributed by atoms with Gasteiger partial charge in [-0.25, -0.2) is 15.0 Å². The lowest BCUT2D eigenvalue weighted by molar-refractivity contribution is 0.747. The minimum absolute atomic E-state index is 0.716. The van der Waals surface area contributed by atoms with Crippen molar-refractivity contribution in [3.8, 4) is 11.1 Å². The van der Waals surface area contributed by atoms with E-state index in [4.69, 9.17) is 0 Å². The van der Waals surface area contributed by atoms with Crippen molar-refractivity contribution in [3.05, 3.63) is 54.4 Å². The molecule has 29 heavy (non-hydrogen) atoms. The van der Waals surface area contributed by atoms with Crippen molar-refractivity contribution < 1.29 is 0 Å². The Morgan fingerprint density at radius 3 is 2.48 bits per heavy atom. The van der Waals surface area contributed by atoms with Crippen LogP contribution in [0.25, 0.3) is 11.1 Å². The van der Waals surface area contributed by atoms with Crippen LogP contribution in [0.1, 0.15) is 17.9 Å². The van der Waals surface area contributed by atoms with E-state index in [1.807, 2.05) is 66.5 Å². The van der Waals surface area contributed by atoms with Gasteiger partial charge in [-0.15, -0.1) is 9.80 Å². The molecular formula is C20H26IN7S. The number of anilines is 3. The fourth-order valence-electron chi connectivity index (χ4n) is 2.69. The molecule has 7 nitrogen and oxygen atoms in total. The van der Waals surface area contributed by atoms with Crippen molar-refractivity contribution >= 4 is 48.3 Å². The summed E-state index contributed by atoms with van der Waals surface area (Å²) in [5, 5.41) is 9.85. The number of pyridine rings is 2. The van der Waals surface area contributed by atoms with Crippen LogP contribution in [0.15, 0.2) is 42.9 Å². The molecule has 0 aliphatic rings. The number of aromatic nitrogens is 4. The first-order valence-electron chi connectivity index (χ1n) is 9.21. The van der Waals surface area contributed by atoms with E-state index in [2.05, 4.69) is 51.8 Å². The van der Waals surface area contributed by atoms with E-state index in [0.29, 0.717) is 5.82 Å². The summed E-state index contributed by atoms with van der Waals surface area (Å²) in [6.07, 6.45) is 6.46. The molecule has 0 bridgehead atoms. The lowest BCUT2D eigenvalue weighted by Crippen LogP contribution is -2.13. The third-order valence-corrected chi connectivity index (χ3v) is 4.13. The second kappa shape index (κ2) is 12.6. The van der Waals surface area contributed by atoms with Gasteiger partial charge in [-0.3, -0.25) is 4.98 Å². The van der Waals surface area contributed by atoms with Crippen molar-refractivity contribution in [3.63, 3.8) is 0 Å². The van der Waals surface area contributed by atoms with Gasteiger partial charge in [0.1, 0.15) is 17.5 Å². The molecule has 3 aromatic heterocycles. The predicted octanol–water partition coefficient (Wildman–Crippen LogP) is 4.58. The number of hydrogen-bond donors (Lipinski definition) is 4. The molecular weight excluding hydrogens is 497 g/mol. The Morgan fingerprint density at radius 2 is 1.72 bits per heavy atom. The summed E-state index contributed by atoms with van der Waals surface area (Å²) in [7, 11) is 5.46. The molecule has 0 fully saturated rings. The van der Waals surface area contributed by atoms with E-state index in [-0.39, 0.29) is 0 Å². The van der Waals surface area contributed by atoms with E-state index in [9.17, 15) is 0 Å². The molecule has 9 heteroatoms. The van der Waals surface area contributed by atoms with E-state index in [1.54, 1.807) is 12.4 Å². The van der Waals surface area contributed by atoms with Crippen LogP contribution in [0, 0.1) is 13.8 Å². The summed E-state index contributed by atoms with van der Waals surface area (Å²) in [5.74, 6) is 2.17. The number of rotatable bonds is 8. The Hall–Kier alpha value is -1.98. The Labute approximate surface area is 189 Å². The highest BCUT2D eigenvalue weighted by molar-refractivity contribution is 14.2. The average Bonchev–Trinajstić information content (AvgIpc) is 2.74. The second-order valence-electron chi connectivity index (χ2n) is 6.28. The van der Waals surface area contributed by atoms with Gasteiger partial charge in [-0.2, -0.15) is 0 Å². The molecule has 0 unspecified atom stereocenters. The maximum Gasteiger partial charge on any atom is 0.135 e.